The van der Waals surface area contributed by atoms with Crippen LogP contribution < -0.4 is 0 Å². The molecule has 1 nitrogen and oxygen atoms in total. The van der Waals surface area contributed by atoms with Gasteiger partial charge in [0.25, 0.3) is 0 Å². The maximum absolute atomic E-state index is 13.2. The van der Waals surface area contributed by atoms with Gasteiger partial charge in [-0.2, -0.15) is 0 Å². The van der Waals surface area contributed by atoms with Crippen LogP contribution in [0, 0.1) is 5.82 Å². The molecule has 86 valence electrons. The predicted octanol–water partition coefficient (Wildman–Crippen LogP) is 4.61. The smallest absolute Gasteiger partial charge is 0.153 e. The molecule has 17 heavy (non-hydrogen) atoms. The van der Waals surface area contributed by atoms with Crippen LogP contribution in [0.2, 0.25) is 10.0 Å². The highest BCUT2D eigenvalue weighted by molar-refractivity contribution is 6.35. The van der Waals surface area contributed by atoms with Gasteiger partial charge in [0, 0.05) is 10.0 Å². The van der Waals surface area contributed by atoms with Crippen LogP contribution >= 0.6 is 23.2 Å². The highest BCUT2D eigenvalue weighted by atomic mass is 35.5. The fraction of sp³-hybridized carbons (Fsp3) is 0. The van der Waals surface area contributed by atoms with E-state index in [-0.39, 0.29) is 5.56 Å². The molecule has 0 N–H and O–H groups in total. The summed E-state index contributed by atoms with van der Waals surface area (Å²) in [5.74, 6) is -0.545. The summed E-state index contributed by atoms with van der Waals surface area (Å²) in [6.07, 6.45) is 0.477. The van der Waals surface area contributed by atoms with Crippen LogP contribution in [0.1, 0.15) is 10.4 Å². The zero-order valence-corrected chi connectivity index (χ0v) is 10.1. The molecule has 0 fully saturated rings. The molecule has 0 aliphatic carbocycles. The minimum Gasteiger partial charge on any atom is -0.298 e. The van der Waals surface area contributed by atoms with Crippen LogP contribution in [0.5, 0.6) is 0 Å². The second kappa shape index (κ2) is 4.86. The van der Waals surface area contributed by atoms with Crippen molar-refractivity contribution in [2.45, 2.75) is 0 Å². The number of hydrogen-bond donors (Lipinski definition) is 0. The van der Waals surface area contributed by atoms with E-state index in [1.54, 1.807) is 24.3 Å². The average Bonchev–Trinajstić information content (AvgIpc) is 2.28. The second-order valence-corrected chi connectivity index (χ2v) is 4.39. The van der Waals surface area contributed by atoms with Crippen molar-refractivity contribution in [3.05, 3.63) is 57.8 Å². The average molecular weight is 269 g/mol. The number of halogens is 3. The van der Waals surface area contributed by atoms with Gasteiger partial charge >= 0.3 is 0 Å². The van der Waals surface area contributed by atoms with Crippen molar-refractivity contribution in [1.82, 2.24) is 0 Å². The van der Waals surface area contributed by atoms with Crippen molar-refractivity contribution in [2.75, 3.05) is 0 Å². The number of carbonyl (C=O) groups is 1. The fourth-order valence-corrected chi connectivity index (χ4v) is 2.06. The van der Waals surface area contributed by atoms with Crippen LogP contribution in [0.3, 0.4) is 0 Å². The van der Waals surface area contributed by atoms with E-state index in [2.05, 4.69) is 0 Å². The number of benzene rings is 2. The molecule has 0 aliphatic rings. The Hall–Kier alpha value is -1.38. The molecular formula is C13H7Cl2FO. The molecule has 0 aromatic heterocycles. The summed E-state index contributed by atoms with van der Waals surface area (Å²) in [5.41, 5.74) is 1.45. The van der Waals surface area contributed by atoms with E-state index in [9.17, 15) is 9.18 Å². The monoisotopic (exact) mass is 268 g/mol. The Morgan fingerprint density at radius 2 is 1.59 bits per heavy atom. The Kier molecular flexibility index (Phi) is 3.46. The third-order valence-electron chi connectivity index (χ3n) is 2.32. The van der Waals surface area contributed by atoms with Crippen molar-refractivity contribution in [3.63, 3.8) is 0 Å². The Balaban J connectivity index is 2.56. The number of hydrogen-bond acceptors (Lipinski definition) is 1. The molecule has 2 aromatic rings. The molecule has 0 bridgehead atoms. The van der Waals surface area contributed by atoms with Crippen molar-refractivity contribution < 1.29 is 9.18 Å². The maximum Gasteiger partial charge on any atom is 0.153 e. The molecule has 0 amide bonds. The molecule has 2 aromatic carbocycles. The van der Waals surface area contributed by atoms with Gasteiger partial charge in [-0.25, -0.2) is 4.39 Å². The Morgan fingerprint density at radius 3 is 2.18 bits per heavy atom. The zero-order valence-electron chi connectivity index (χ0n) is 8.58. The number of rotatable bonds is 2. The minimum absolute atomic E-state index is 0.0126. The summed E-state index contributed by atoms with van der Waals surface area (Å²) in [6.45, 7) is 0. The molecule has 2 rings (SSSR count). The molecular weight excluding hydrogens is 262 g/mol. The van der Waals surface area contributed by atoms with Gasteiger partial charge in [0.2, 0.25) is 0 Å². The lowest BCUT2D eigenvalue weighted by molar-refractivity contribution is 0.112. The number of aldehydes is 1. The van der Waals surface area contributed by atoms with E-state index in [0.717, 1.165) is 5.56 Å². The zero-order chi connectivity index (χ0) is 12.4. The first-order valence-electron chi connectivity index (χ1n) is 4.81. The van der Waals surface area contributed by atoms with Gasteiger partial charge in [-0.1, -0.05) is 29.3 Å². The molecule has 0 radical (unpaired) electrons. The third-order valence-corrected chi connectivity index (χ3v) is 2.76. The largest absolute Gasteiger partial charge is 0.298 e. The van der Waals surface area contributed by atoms with Crippen LogP contribution in [0.15, 0.2) is 36.4 Å². The lowest BCUT2D eigenvalue weighted by atomic mass is 10.0. The fourth-order valence-electron chi connectivity index (χ4n) is 1.53. The Labute approximate surface area is 108 Å². The summed E-state index contributed by atoms with van der Waals surface area (Å²) >= 11 is 11.8. The molecule has 0 unspecified atom stereocenters. The summed E-state index contributed by atoms with van der Waals surface area (Å²) in [5, 5.41) is 0.981. The van der Waals surface area contributed by atoms with E-state index >= 15 is 0 Å². The predicted molar refractivity (Wildman–Crippen MR) is 67.2 cm³/mol. The van der Waals surface area contributed by atoms with Crippen molar-refractivity contribution in [3.8, 4) is 11.1 Å². The van der Waals surface area contributed by atoms with Crippen LogP contribution in [0.4, 0.5) is 4.39 Å². The lowest BCUT2D eigenvalue weighted by Crippen LogP contribution is -1.88. The van der Waals surface area contributed by atoms with Gasteiger partial charge in [0.05, 0.1) is 5.56 Å². The first-order chi connectivity index (χ1) is 8.10. The highest BCUT2D eigenvalue weighted by Crippen LogP contribution is 2.28. The van der Waals surface area contributed by atoms with E-state index in [4.69, 9.17) is 23.2 Å². The summed E-state index contributed by atoms with van der Waals surface area (Å²) in [7, 11) is 0. The van der Waals surface area contributed by atoms with E-state index in [1.165, 1.54) is 12.1 Å². The molecule has 0 saturated carbocycles. The second-order valence-electron chi connectivity index (χ2n) is 3.51. The topological polar surface area (TPSA) is 17.1 Å². The van der Waals surface area contributed by atoms with Gasteiger partial charge in [0.1, 0.15) is 5.82 Å². The van der Waals surface area contributed by atoms with Crippen molar-refractivity contribution in [1.29, 1.82) is 0 Å². The van der Waals surface area contributed by atoms with Crippen LogP contribution in [-0.4, -0.2) is 6.29 Å². The summed E-state index contributed by atoms with van der Waals surface area (Å²) in [4.78, 5) is 10.7. The third kappa shape index (κ3) is 2.65. The minimum atomic E-state index is -0.545. The van der Waals surface area contributed by atoms with Crippen molar-refractivity contribution >= 4 is 29.5 Å². The Bertz CT molecular complexity index is 561. The van der Waals surface area contributed by atoms with Crippen LogP contribution in [0.25, 0.3) is 11.1 Å². The van der Waals surface area contributed by atoms with Gasteiger partial charge in [-0.15, -0.1) is 0 Å². The highest BCUT2D eigenvalue weighted by Gasteiger charge is 2.06. The summed E-state index contributed by atoms with van der Waals surface area (Å²) in [6, 6.07) is 9.30. The van der Waals surface area contributed by atoms with Gasteiger partial charge in [0.15, 0.2) is 6.29 Å². The first kappa shape index (κ1) is 12.1. The van der Waals surface area contributed by atoms with E-state index in [1.807, 2.05) is 0 Å². The normalized spacial score (nSPS) is 10.3. The first-order valence-corrected chi connectivity index (χ1v) is 5.57. The molecule has 0 atom stereocenters. The molecule has 0 spiro atoms. The standard InChI is InChI=1S/C13H7Cl2FO/c14-11-4-9(5-12(15)6-11)8-1-2-13(16)10(3-8)7-17/h1-7H. The molecule has 0 aliphatic heterocycles. The van der Waals surface area contributed by atoms with Crippen LogP contribution in [-0.2, 0) is 0 Å². The van der Waals surface area contributed by atoms with Gasteiger partial charge in [-0.05, 0) is 41.5 Å². The molecule has 0 saturated heterocycles. The SMILES string of the molecule is O=Cc1cc(-c2cc(Cl)cc(Cl)c2)ccc1F. The quantitative estimate of drug-likeness (QED) is 0.727. The molecule has 4 heteroatoms. The Morgan fingerprint density at radius 1 is 0.941 bits per heavy atom. The van der Waals surface area contributed by atoms with Gasteiger partial charge in [-0.3, -0.25) is 4.79 Å². The number of carbonyl (C=O) groups excluding carboxylic acids is 1. The van der Waals surface area contributed by atoms with Crippen molar-refractivity contribution in [2.24, 2.45) is 0 Å². The molecule has 0 heterocycles. The van der Waals surface area contributed by atoms with Gasteiger partial charge < -0.3 is 0 Å². The van der Waals surface area contributed by atoms with E-state index in [0.29, 0.717) is 21.9 Å². The van der Waals surface area contributed by atoms with E-state index < -0.39 is 5.82 Å². The lowest BCUT2D eigenvalue weighted by Gasteiger charge is -2.05. The maximum atomic E-state index is 13.2. The summed E-state index contributed by atoms with van der Waals surface area (Å²) < 4.78 is 13.2.